The first-order valence-electron chi connectivity index (χ1n) is 7.49. The maximum Gasteiger partial charge on any atom is 0.305 e. The number of hydrogen-bond donors (Lipinski definition) is 1. The van der Waals surface area contributed by atoms with E-state index >= 15 is 0 Å². The minimum atomic E-state index is -0.931. The van der Waals surface area contributed by atoms with Crippen LogP contribution in [0.2, 0.25) is 0 Å². The number of carboxylic acids is 1. The SMILES string of the molecule is O=C(O)CC1COCCN1C(=O)c1cccc(-n2cccc2)c1. The molecule has 1 amide bonds. The van der Waals surface area contributed by atoms with E-state index < -0.39 is 12.0 Å². The summed E-state index contributed by atoms with van der Waals surface area (Å²) >= 11 is 0. The van der Waals surface area contributed by atoms with E-state index in [1.54, 1.807) is 11.0 Å². The normalized spacial score (nSPS) is 17.9. The van der Waals surface area contributed by atoms with Gasteiger partial charge in [0.2, 0.25) is 0 Å². The largest absolute Gasteiger partial charge is 0.481 e. The molecule has 120 valence electrons. The van der Waals surface area contributed by atoms with Gasteiger partial charge >= 0.3 is 5.97 Å². The molecule has 0 spiro atoms. The van der Waals surface area contributed by atoms with Gasteiger partial charge in [-0.15, -0.1) is 0 Å². The molecule has 2 heterocycles. The zero-order chi connectivity index (χ0) is 16.2. The Balaban J connectivity index is 1.84. The van der Waals surface area contributed by atoms with Crippen molar-refractivity contribution >= 4 is 11.9 Å². The summed E-state index contributed by atoms with van der Waals surface area (Å²) in [6.45, 7) is 1.10. The number of amides is 1. The molecule has 1 aromatic carbocycles. The number of aliphatic carboxylic acids is 1. The Hall–Kier alpha value is -2.60. The number of aromatic nitrogens is 1. The first-order chi connectivity index (χ1) is 11.1. The summed E-state index contributed by atoms with van der Waals surface area (Å²) in [6.07, 6.45) is 3.71. The van der Waals surface area contributed by atoms with Crippen molar-refractivity contribution in [1.82, 2.24) is 9.47 Å². The van der Waals surface area contributed by atoms with Gasteiger partial charge in [-0.25, -0.2) is 0 Å². The summed E-state index contributed by atoms with van der Waals surface area (Å²) in [4.78, 5) is 25.4. The van der Waals surface area contributed by atoms with Crippen molar-refractivity contribution in [3.63, 3.8) is 0 Å². The van der Waals surface area contributed by atoms with Crippen molar-refractivity contribution in [1.29, 1.82) is 0 Å². The van der Waals surface area contributed by atoms with Crippen molar-refractivity contribution < 1.29 is 19.4 Å². The van der Waals surface area contributed by atoms with Gasteiger partial charge in [0, 0.05) is 30.2 Å². The van der Waals surface area contributed by atoms with E-state index in [9.17, 15) is 9.59 Å². The van der Waals surface area contributed by atoms with E-state index in [0.29, 0.717) is 18.7 Å². The first kappa shape index (κ1) is 15.3. The minimum Gasteiger partial charge on any atom is -0.481 e. The fourth-order valence-corrected chi connectivity index (χ4v) is 2.76. The van der Waals surface area contributed by atoms with Crippen LogP contribution in [0.25, 0.3) is 5.69 Å². The zero-order valence-electron chi connectivity index (χ0n) is 12.6. The van der Waals surface area contributed by atoms with Crippen LogP contribution in [-0.4, -0.2) is 52.3 Å². The lowest BCUT2D eigenvalue weighted by Gasteiger charge is -2.35. The fourth-order valence-electron chi connectivity index (χ4n) is 2.76. The second-order valence-corrected chi connectivity index (χ2v) is 5.47. The maximum absolute atomic E-state index is 12.8. The van der Waals surface area contributed by atoms with Crippen molar-refractivity contribution in [3.05, 3.63) is 54.4 Å². The summed E-state index contributed by atoms with van der Waals surface area (Å²) in [6, 6.07) is 10.7. The molecule has 1 aromatic heterocycles. The predicted octanol–water partition coefficient (Wildman–Crippen LogP) is 1.79. The van der Waals surface area contributed by atoms with E-state index in [1.165, 1.54) is 0 Å². The van der Waals surface area contributed by atoms with Gasteiger partial charge in [-0.3, -0.25) is 9.59 Å². The molecule has 1 unspecified atom stereocenters. The van der Waals surface area contributed by atoms with E-state index in [4.69, 9.17) is 9.84 Å². The summed E-state index contributed by atoms with van der Waals surface area (Å²) in [5.41, 5.74) is 1.44. The third-order valence-corrected chi connectivity index (χ3v) is 3.89. The molecule has 1 atom stereocenters. The molecule has 1 aliphatic heterocycles. The Labute approximate surface area is 133 Å². The third kappa shape index (κ3) is 3.43. The van der Waals surface area contributed by atoms with Gasteiger partial charge in [0.05, 0.1) is 25.7 Å². The maximum atomic E-state index is 12.8. The Bertz CT molecular complexity index is 696. The molecule has 6 nitrogen and oxygen atoms in total. The molecule has 1 fully saturated rings. The molecule has 1 N–H and O–H groups in total. The van der Waals surface area contributed by atoms with Crippen molar-refractivity contribution in [3.8, 4) is 5.69 Å². The van der Waals surface area contributed by atoms with E-state index in [1.807, 2.05) is 47.3 Å². The molecule has 3 rings (SSSR count). The number of morpholine rings is 1. The second kappa shape index (κ2) is 6.66. The van der Waals surface area contributed by atoms with Gasteiger partial charge in [0.25, 0.3) is 5.91 Å². The number of nitrogens with zero attached hydrogens (tertiary/aromatic N) is 2. The van der Waals surface area contributed by atoms with Crippen LogP contribution >= 0.6 is 0 Å². The number of carbonyl (C=O) groups is 2. The number of carbonyl (C=O) groups excluding carboxylic acids is 1. The molecule has 1 saturated heterocycles. The lowest BCUT2D eigenvalue weighted by molar-refractivity contribution is -0.139. The Morgan fingerprint density at radius 2 is 2.00 bits per heavy atom. The lowest BCUT2D eigenvalue weighted by atomic mass is 10.1. The highest BCUT2D eigenvalue weighted by molar-refractivity contribution is 5.95. The van der Waals surface area contributed by atoms with Crippen LogP contribution in [0.4, 0.5) is 0 Å². The van der Waals surface area contributed by atoms with Gasteiger partial charge in [-0.2, -0.15) is 0 Å². The molecule has 0 bridgehead atoms. The summed E-state index contributed by atoms with van der Waals surface area (Å²) in [7, 11) is 0. The van der Waals surface area contributed by atoms with Crippen molar-refractivity contribution in [2.75, 3.05) is 19.8 Å². The van der Waals surface area contributed by atoms with Crippen LogP contribution in [0.5, 0.6) is 0 Å². The van der Waals surface area contributed by atoms with Crippen LogP contribution in [-0.2, 0) is 9.53 Å². The third-order valence-electron chi connectivity index (χ3n) is 3.89. The topological polar surface area (TPSA) is 71.8 Å². The van der Waals surface area contributed by atoms with E-state index in [0.717, 1.165) is 5.69 Å². The van der Waals surface area contributed by atoms with Crippen LogP contribution in [0.3, 0.4) is 0 Å². The highest BCUT2D eigenvalue weighted by Crippen LogP contribution is 2.17. The molecule has 0 radical (unpaired) electrons. The highest BCUT2D eigenvalue weighted by Gasteiger charge is 2.29. The van der Waals surface area contributed by atoms with Crippen molar-refractivity contribution in [2.24, 2.45) is 0 Å². The second-order valence-electron chi connectivity index (χ2n) is 5.47. The van der Waals surface area contributed by atoms with E-state index in [-0.39, 0.29) is 18.9 Å². The molecule has 23 heavy (non-hydrogen) atoms. The van der Waals surface area contributed by atoms with Gasteiger partial charge in [-0.1, -0.05) is 6.07 Å². The molecular weight excluding hydrogens is 296 g/mol. The number of carboxylic acid groups (broad SMARTS) is 1. The van der Waals surface area contributed by atoms with Crippen LogP contribution in [0, 0.1) is 0 Å². The quantitative estimate of drug-likeness (QED) is 0.934. The minimum absolute atomic E-state index is 0.108. The fraction of sp³-hybridized carbons (Fsp3) is 0.294. The average molecular weight is 314 g/mol. The van der Waals surface area contributed by atoms with Gasteiger partial charge in [-0.05, 0) is 30.3 Å². The lowest BCUT2D eigenvalue weighted by Crippen LogP contribution is -2.49. The van der Waals surface area contributed by atoms with Gasteiger partial charge in [0.15, 0.2) is 0 Å². The first-order valence-corrected chi connectivity index (χ1v) is 7.49. The van der Waals surface area contributed by atoms with Gasteiger partial charge in [0.1, 0.15) is 0 Å². The van der Waals surface area contributed by atoms with Crippen LogP contribution in [0.15, 0.2) is 48.8 Å². The molecule has 1 aliphatic rings. The van der Waals surface area contributed by atoms with E-state index in [2.05, 4.69) is 0 Å². The molecule has 6 heteroatoms. The molecule has 2 aromatic rings. The van der Waals surface area contributed by atoms with Gasteiger partial charge < -0.3 is 19.3 Å². The summed E-state index contributed by atoms with van der Waals surface area (Å²) in [5, 5.41) is 9.01. The predicted molar refractivity (Wildman–Crippen MR) is 83.7 cm³/mol. The number of rotatable bonds is 4. The summed E-state index contributed by atoms with van der Waals surface area (Å²) < 4.78 is 7.24. The standard InChI is InChI=1S/C17H18N2O4/c20-16(21)11-15-12-23-9-8-19(15)17(22)13-4-3-5-14(10-13)18-6-1-2-7-18/h1-7,10,15H,8-9,11-12H2,(H,20,21). The molecule has 0 saturated carbocycles. The Morgan fingerprint density at radius 3 is 2.74 bits per heavy atom. The monoisotopic (exact) mass is 314 g/mol. The zero-order valence-corrected chi connectivity index (χ0v) is 12.6. The van der Waals surface area contributed by atoms with Crippen molar-refractivity contribution in [2.45, 2.75) is 12.5 Å². The van der Waals surface area contributed by atoms with Crippen LogP contribution in [0.1, 0.15) is 16.8 Å². The number of ether oxygens (including phenoxy) is 1. The number of hydrogen-bond acceptors (Lipinski definition) is 3. The Kier molecular flexibility index (Phi) is 4.43. The molecule has 0 aliphatic carbocycles. The molecular formula is C17H18N2O4. The average Bonchev–Trinajstić information content (AvgIpc) is 3.09. The Morgan fingerprint density at radius 1 is 1.22 bits per heavy atom. The highest BCUT2D eigenvalue weighted by atomic mass is 16.5. The smallest absolute Gasteiger partial charge is 0.305 e. The van der Waals surface area contributed by atoms with Crippen LogP contribution < -0.4 is 0 Å². The summed E-state index contributed by atoms with van der Waals surface area (Å²) in [5.74, 6) is -1.09. The number of benzene rings is 1.